The molecule has 2 rings (SSSR count). The Morgan fingerprint density at radius 2 is 1.95 bits per heavy atom. The molecule has 0 aliphatic heterocycles. The van der Waals surface area contributed by atoms with Crippen molar-refractivity contribution in [1.29, 1.82) is 0 Å². The van der Waals surface area contributed by atoms with E-state index in [0.29, 0.717) is 11.4 Å². The quantitative estimate of drug-likeness (QED) is 0.697. The Bertz CT molecular complexity index is 704. The van der Waals surface area contributed by atoms with Gasteiger partial charge in [-0.15, -0.1) is 0 Å². The van der Waals surface area contributed by atoms with Crippen LogP contribution in [0.3, 0.4) is 0 Å². The minimum absolute atomic E-state index is 0.0240. The number of carbonyl (C=O) groups excluding carboxylic acids is 1. The number of hydrogen-bond acceptors (Lipinski definition) is 3. The number of halogens is 2. The summed E-state index contributed by atoms with van der Waals surface area (Å²) < 4.78 is 7.30. The molecule has 0 aliphatic carbocycles. The van der Waals surface area contributed by atoms with Crippen LogP contribution in [-0.4, -0.2) is 17.1 Å². The van der Waals surface area contributed by atoms with Gasteiger partial charge in [0, 0.05) is 4.47 Å². The predicted octanol–water partition coefficient (Wildman–Crippen LogP) is 4.63. The monoisotopic (exact) mass is 427 g/mol. The number of phenols is 1. The number of ether oxygens (including phenoxy) is 1. The first-order valence-electron chi connectivity index (χ1n) is 6.59. The number of rotatable bonds is 4. The molecule has 0 aromatic heterocycles. The number of phenolic OH excluding ortho intramolecular Hbond substituents is 1. The summed E-state index contributed by atoms with van der Waals surface area (Å²) in [5.41, 5.74) is 1.31. The van der Waals surface area contributed by atoms with Gasteiger partial charge in [-0.05, 0) is 65.7 Å². The molecule has 2 aromatic carbocycles. The molecule has 1 amide bonds. The highest BCUT2D eigenvalue weighted by Gasteiger charge is 2.17. The Hall–Kier alpha value is -1.53. The summed E-state index contributed by atoms with van der Waals surface area (Å²) in [6.45, 7) is 3.53. The van der Waals surface area contributed by atoms with E-state index in [0.717, 1.165) is 14.5 Å². The summed E-state index contributed by atoms with van der Waals surface area (Å²) in [6.07, 6.45) is -0.711. The van der Waals surface area contributed by atoms with Gasteiger partial charge in [0.25, 0.3) is 5.91 Å². The molecule has 0 aliphatic rings. The van der Waals surface area contributed by atoms with Gasteiger partial charge in [0.05, 0.1) is 10.2 Å². The van der Waals surface area contributed by atoms with Crippen LogP contribution in [0.1, 0.15) is 12.5 Å². The second-order valence-corrected chi connectivity index (χ2v) is 6.61. The highest BCUT2D eigenvalue weighted by atomic mass is 79.9. The van der Waals surface area contributed by atoms with Crippen LogP contribution in [0.25, 0.3) is 0 Å². The van der Waals surface area contributed by atoms with Gasteiger partial charge in [-0.25, -0.2) is 0 Å². The maximum absolute atomic E-state index is 12.2. The normalized spacial score (nSPS) is 11.8. The van der Waals surface area contributed by atoms with Crippen LogP contribution in [0.4, 0.5) is 5.69 Å². The molecule has 0 spiro atoms. The van der Waals surface area contributed by atoms with Crippen LogP contribution in [-0.2, 0) is 4.79 Å². The minimum atomic E-state index is -0.711. The molecule has 6 heteroatoms. The Kier molecular flexibility index (Phi) is 5.47. The zero-order chi connectivity index (χ0) is 16.3. The second kappa shape index (κ2) is 7.15. The summed E-state index contributed by atoms with van der Waals surface area (Å²) in [5.74, 6) is 0.256. The lowest BCUT2D eigenvalue weighted by atomic mass is 10.2. The van der Waals surface area contributed by atoms with Gasteiger partial charge >= 0.3 is 0 Å². The van der Waals surface area contributed by atoms with Crippen LogP contribution < -0.4 is 10.1 Å². The summed E-state index contributed by atoms with van der Waals surface area (Å²) in [4.78, 5) is 12.2. The molecule has 116 valence electrons. The molecule has 2 aromatic rings. The third-order valence-electron chi connectivity index (χ3n) is 2.98. The van der Waals surface area contributed by atoms with Crippen LogP contribution in [0.15, 0.2) is 45.3 Å². The lowest BCUT2D eigenvalue weighted by Crippen LogP contribution is -2.30. The Morgan fingerprint density at radius 3 is 2.64 bits per heavy atom. The predicted molar refractivity (Wildman–Crippen MR) is 93.4 cm³/mol. The fourth-order valence-corrected chi connectivity index (χ4v) is 2.94. The fourth-order valence-electron chi connectivity index (χ4n) is 1.80. The molecule has 4 nitrogen and oxygen atoms in total. The van der Waals surface area contributed by atoms with Gasteiger partial charge < -0.3 is 15.2 Å². The summed E-state index contributed by atoms with van der Waals surface area (Å²) in [6, 6.07) is 10.5. The molecule has 22 heavy (non-hydrogen) atoms. The van der Waals surface area contributed by atoms with Crippen LogP contribution in [0, 0.1) is 6.92 Å². The van der Waals surface area contributed by atoms with E-state index >= 15 is 0 Å². The van der Waals surface area contributed by atoms with Crippen molar-refractivity contribution in [1.82, 2.24) is 0 Å². The van der Waals surface area contributed by atoms with Gasteiger partial charge in [0.15, 0.2) is 6.10 Å². The molecule has 0 unspecified atom stereocenters. The molecular weight excluding hydrogens is 414 g/mol. The largest absolute Gasteiger partial charge is 0.506 e. The average Bonchev–Trinajstić information content (AvgIpc) is 2.45. The van der Waals surface area contributed by atoms with Crippen molar-refractivity contribution in [3.05, 3.63) is 50.9 Å². The zero-order valence-electron chi connectivity index (χ0n) is 12.1. The van der Waals surface area contributed by atoms with Crippen LogP contribution >= 0.6 is 31.9 Å². The van der Waals surface area contributed by atoms with Crippen LogP contribution in [0.5, 0.6) is 11.5 Å². The van der Waals surface area contributed by atoms with E-state index in [1.165, 1.54) is 0 Å². The summed E-state index contributed by atoms with van der Waals surface area (Å²) in [7, 11) is 0. The first-order valence-corrected chi connectivity index (χ1v) is 8.17. The van der Waals surface area contributed by atoms with Crippen molar-refractivity contribution >= 4 is 43.5 Å². The number of anilines is 1. The van der Waals surface area contributed by atoms with Crippen molar-refractivity contribution in [2.75, 3.05) is 5.32 Å². The molecule has 2 N–H and O–H groups in total. The number of carbonyl (C=O) groups is 1. The molecule has 0 saturated carbocycles. The number of aromatic hydroxyl groups is 1. The fraction of sp³-hybridized carbons (Fsp3) is 0.188. The topological polar surface area (TPSA) is 58.6 Å². The number of benzene rings is 2. The molecule has 0 fully saturated rings. The molecule has 1 atom stereocenters. The van der Waals surface area contributed by atoms with Crippen molar-refractivity contribution in [3.63, 3.8) is 0 Å². The first kappa shape index (κ1) is 16.8. The molecule has 0 saturated heterocycles. The molecular formula is C16H15Br2NO3. The Morgan fingerprint density at radius 1 is 1.23 bits per heavy atom. The van der Waals surface area contributed by atoms with Crippen molar-refractivity contribution in [3.8, 4) is 11.5 Å². The van der Waals surface area contributed by atoms with E-state index in [4.69, 9.17) is 4.74 Å². The average molecular weight is 429 g/mol. The third-order valence-corrected chi connectivity index (χ3v) is 4.09. The van der Waals surface area contributed by atoms with E-state index in [-0.39, 0.29) is 11.7 Å². The minimum Gasteiger partial charge on any atom is -0.506 e. The molecule has 0 radical (unpaired) electrons. The number of nitrogens with one attached hydrogen (secondary N) is 1. The van der Waals surface area contributed by atoms with Crippen molar-refractivity contribution < 1.29 is 14.6 Å². The highest BCUT2D eigenvalue weighted by Crippen LogP contribution is 2.29. The van der Waals surface area contributed by atoms with E-state index in [1.807, 2.05) is 19.1 Å². The van der Waals surface area contributed by atoms with E-state index in [1.54, 1.807) is 31.2 Å². The third kappa shape index (κ3) is 4.24. The van der Waals surface area contributed by atoms with E-state index < -0.39 is 6.10 Å². The lowest BCUT2D eigenvalue weighted by Gasteiger charge is -2.16. The lowest BCUT2D eigenvalue weighted by molar-refractivity contribution is -0.122. The maximum Gasteiger partial charge on any atom is 0.265 e. The Labute approximate surface area is 145 Å². The van der Waals surface area contributed by atoms with Gasteiger partial charge in [-0.3, -0.25) is 4.79 Å². The van der Waals surface area contributed by atoms with Gasteiger partial charge in [0.2, 0.25) is 0 Å². The molecule has 0 bridgehead atoms. The van der Waals surface area contributed by atoms with E-state index in [9.17, 15) is 9.90 Å². The second-order valence-electron chi connectivity index (χ2n) is 4.84. The first-order chi connectivity index (χ1) is 10.4. The number of hydrogen-bond donors (Lipinski definition) is 2. The van der Waals surface area contributed by atoms with Gasteiger partial charge in [0.1, 0.15) is 11.5 Å². The number of aryl methyl sites for hydroxylation is 1. The zero-order valence-corrected chi connectivity index (χ0v) is 15.2. The van der Waals surface area contributed by atoms with Crippen molar-refractivity contribution in [2.45, 2.75) is 20.0 Å². The van der Waals surface area contributed by atoms with Gasteiger partial charge in [-0.1, -0.05) is 22.0 Å². The standard InChI is InChI=1S/C16H15Br2NO3/c1-9-3-5-14(20)13(7-9)19-16(21)10(2)22-15-6-4-11(17)8-12(15)18/h3-8,10,20H,1-2H3,(H,19,21)/t10-/m1/s1. The highest BCUT2D eigenvalue weighted by molar-refractivity contribution is 9.11. The van der Waals surface area contributed by atoms with Gasteiger partial charge in [-0.2, -0.15) is 0 Å². The Balaban J connectivity index is 2.07. The molecule has 0 heterocycles. The van der Waals surface area contributed by atoms with Crippen LogP contribution in [0.2, 0.25) is 0 Å². The number of amides is 1. The maximum atomic E-state index is 12.2. The van der Waals surface area contributed by atoms with E-state index in [2.05, 4.69) is 37.2 Å². The smallest absolute Gasteiger partial charge is 0.265 e. The SMILES string of the molecule is Cc1ccc(O)c(NC(=O)[C@@H](C)Oc2ccc(Br)cc2Br)c1. The van der Waals surface area contributed by atoms with Crippen molar-refractivity contribution in [2.24, 2.45) is 0 Å². The summed E-state index contributed by atoms with van der Waals surface area (Å²) >= 11 is 6.74. The summed E-state index contributed by atoms with van der Waals surface area (Å²) in [5, 5.41) is 12.4.